The van der Waals surface area contributed by atoms with Crippen molar-refractivity contribution in [3.05, 3.63) is 29.8 Å². The lowest BCUT2D eigenvalue weighted by Crippen LogP contribution is -2.13. The number of aryl methyl sites for hydroxylation is 1. The average molecular weight is 471 g/mol. The predicted octanol–water partition coefficient (Wildman–Crippen LogP) is 7.21. The Bertz CT molecular complexity index is 495. The van der Waals surface area contributed by atoms with Crippen LogP contribution in [0.5, 0.6) is 5.75 Å². The Morgan fingerprint density at radius 1 is 0.562 bits per heavy atom. The Morgan fingerprint density at radius 2 is 1.09 bits per heavy atom. The van der Waals surface area contributed by atoms with Crippen molar-refractivity contribution < 1.29 is 18.9 Å². The van der Waals surface area contributed by atoms with E-state index in [9.17, 15) is 0 Å². The van der Waals surface area contributed by atoms with Crippen LogP contribution < -0.4 is 4.74 Å². The molecule has 5 heteroatoms. The van der Waals surface area contributed by atoms with Crippen LogP contribution in [0.3, 0.4) is 0 Å². The van der Waals surface area contributed by atoms with Gasteiger partial charge in [-0.2, -0.15) is 0 Å². The van der Waals surface area contributed by atoms with E-state index < -0.39 is 0 Å². The number of alkyl halides is 1. The molecule has 0 aliphatic rings. The van der Waals surface area contributed by atoms with E-state index in [2.05, 4.69) is 31.2 Å². The van der Waals surface area contributed by atoms with Crippen molar-refractivity contribution in [3.8, 4) is 5.75 Å². The fourth-order valence-electron chi connectivity index (χ4n) is 3.45. The van der Waals surface area contributed by atoms with Gasteiger partial charge in [-0.15, -0.1) is 11.6 Å². The van der Waals surface area contributed by atoms with Gasteiger partial charge in [0, 0.05) is 12.5 Å². The maximum absolute atomic E-state index is 5.76. The van der Waals surface area contributed by atoms with Gasteiger partial charge in [0.25, 0.3) is 0 Å². The number of hydrogen-bond donors (Lipinski definition) is 0. The molecule has 0 saturated carbocycles. The molecule has 0 spiro atoms. The Hall–Kier alpha value is -0.810. The normalized spacial score (nSPS) is 11.2. The Labute approximate surface area is 202 Å². The minimum atomic E-state index is 0.559. The van der Waals surface area contributed by atoms with Crippen molar-refractivity contribution in [3.63, 3.8) is 0 Å². The van der Waals surface area contributed by atoms with Gasteiger partial charge in [-0.05, 0) is 43.4 Å². The number of ether oxygens (including phenoxy) is 4. The van der Waals surface area contributed by atoms with Crippen molar-refractivity contribution >= 4 is 11.6 Å². The molecule has 0 atom stereocenters. The van der Waals surface area contributed by atoms with Crippen LogP contribution in [0.2, 0.25) is 0 Å². The second kappa shape index (κ2) is 23.4. The first kappa shape index (κ1) is 29.2. The summed E-state index contributed by atoms with van der Waals surface area (Å²) in [6.45, 7) is 6.64. The number of benzene rings is 1. The Balaban J connectivity index is 1.86. The summed E-state index contributed by atoms with van der Waals surface area (Å²) in [6.07, 6.45) is 15.2. The summed E-state index contributed by atoms with van der Waals surface area (Å²) in [5, 5.41) is 0. The monoisotopic (exact) mass is 470 g/mol. The fourth-order valence-corrected chi connectivity index (χ4v) is 3.64. The Kier molecular flexibility index (Phi) is 21.3. The van der Waals surface area contributed by atoms with Gasteiger partial charge < -0.3 is 18.9 Å². The zero-order valence-corrected chi connectivity index (χ0v) is 21.2. The average Bonchev–Trinajstić information content (AvgIpc) is 2.82. The molecule has 0 saturated heterocycles. The predicted molar refractivity (Wildman–Crippen MR) is 135 cm³/mol. The molecule has 0 amide bonds. The van der Waals surface area contributed by atoms with Crippen LogP contribution in [0.15, 0.2) is 24.3 Å². The lowest BCUT2D eigenvalue weighted by molar-refractivity contribution is 0.00879. The van der Waals surface area contributed by atoms with E-state index in [0.717, 1.165) is 37.5 Å². The third-order valence-corrected chi connectivity index (χ3v) is 5.67. The van der Waals surface area contributed by atoms with Gasteiger partial charge in [0.1, 0.15) is 12.4 Å². The van der Waals surface area contributed by atoms with Gasteiger partial charge >= 0.3 is 0 Å². The second-order valence-electron chi connectivity index (χ2n) is 8.30. The third kappa shape index (κ3) is 18.7. The van der Waals surface area contributed by atoms with Crippen LogP contribution >= 0.6 is 11.6 Å². The smallest absolute Gasteiger partial charge is 0.119 e. The lowest BCUT2D eigenvalue weighted by atomic mass is 10.0. The molecule has 0 aromatic heterocycles. The topological polar surface area (TPSA) is 36.9 Å². The summed E-state index contributed by atoms with van der Waals surface area (Å²) in [5.74, 6) is 1.67. The second-order valence-corrected chi connectivity index (χ2v) is 8.68. The van der Waals surface area contributed by atoms with E-state index in [0.29, 0.717) is 39.6 Å². The molecule has 0 N–H and O–H groups in total. The van der Waals surface area contributed by atoms with Gasteiger partial charge in [0.2, 0.25) is 0 Å². The van der Waals surface area contributed by atoms with E-state index in [1.807, 2.05) is 0 Å². The highest BCUT2D eigenvalue weighted by Crippen LogP contribution is 2.15. The molecule has 0 aliphatic heterocycles. The standard InChI is InChI=1S/C27H47ClO4/c1-2-3-4-5-6-7-10-13-26-14-16-27(17-15-26)32-25-24-31-23-22-30-21-20-29-19-12-9-8-11-18-28/h14-17H,2-13,18-25H2,1H3. The molecule has 1 aromatic rings. The van der Waals surface area contributed by atoms with Crippen LogP contribution in [0.1, 0.15) is 83.1 Å². The molecule has 0 fully saturated rings. The van der Waals surface area contributed by atoms with Crippen molar-refractivity contribution in [1.29, 1.82) is 0 Å². The fraction of sp³-hybridized carbons (Fsp3) is 0.778. The molecule has 1 aromatic carbocycles. The largest absolute Gasteiger partial charge is 0.491 e. The van der Waals surface area contributed by atoms with Gasteiger partial charge in [0.05, 0.1) is 33.0 Å². The molecular weight excluding hydrogens is 424 g/mol. The van der Waals surface area contributed by atoms with Crippen molar-refractivity contribution in [1.82, 2.24) is 0 Å². The molecule has 1 rings (SSSR count). The molecule has 0 heterocycles. The maximum atomic E-state index is 5.76. The highest BCUT2D eigenvalue weighted by atomic mass is 35.5. The molecule has 0 radical (unpaired) electrons. The molecule has 0 unspecified atom stereocenters. The number of hydrogen-bond acceptors (Lipinski definition) is 4. The Morgan fingerprint density at radius 3 is 1.75 bits per heavy atom. The zero-order valence-electron chi connectivity index (χ0n) is 20.5. The summed E-state index contributed by atoms with van der Waals surface area (Å²) in [5.41, 5.74) is 1.40. The van der Waals surface area contributed by atoms with Crippen LogP contribution in [0, 0.1) is 0 Å². The summed E-state index contributed by atoms with van der Waals surface area (Å²) < 4.78 is 22.4. The minimum Gasteiger partial charge on any atom is -0.491 e. The molecule has 186 valence electrons. The van der Waals surface area contributed by atoms with Crippen molar-refractivity contribution in [2.45, 2.75) is 84.0 Å². The van der Waals surface area contributed by atoms with Gasteiger partial charge in [-0.1, -0.05) is 70.4 Å². The highest BCUT2D eigenvalue weighted by molar-refractivity contribution is 6.17. The van der Waals surface area contributed by atoms with Crippen LogP contribution in [0.4, 0.5) is 0 Å². The SMILES string of the molecule is CCCCCCCCCc1ccc(OCCOCCOCCOCCCCCCCl)cc1. The zero-order chi connectivity index (χ0) is 23.0. The molecule has 4 nitrogen and oxygen atoms in total. The third-order valence-electron chi connectivity index (χ3n) is 5.41. The molecule has 0 bridgehead atoms. The number of unbranched alkanes of at least 4 members (excludes halogenated alkanes) is 9. The summed E-state index contributed by atoms with van der Waals surface area (Å²) in [7, 11) is 0. The van der Waals surface area contributed by atoms with Gasteiger partial charge in [-0.3, -0.25) is 0 Å². The molecular formula is C27H47ClO4. The molecule has 0 aliphatic carbocycles. The number of halogens is 1. The lowest BCUT2D eigenvalue weighted by Gasteiger charge is -2.09. The van der Waals surface area contributed by atoms with Crippen molar-refractivity contribution in [2.24, 2.45) is 0 Å². The first-order valence-corrected chi connectivity index (χ1v) is 13.4. The van der Waals surface area contributed by atoms with Crippen molar-refractivity contribution in [2.75, 3.05) is 52.1 Å². The van der Waals surface area contributed by atoms with E-state index in [4.69, 9.17) is 30.5 Å². The van der Waals surface area contributed by atoms with Crippen LogP contribution in [-0.2, 0) is 20.6 Å². The summed E-state index contributed by atoms with van der Waals surface area (Å²) in [6, 6.07) is 8.50. The van der Waals surface area contributed by atoms with Gasteiger partial charge in [-0.25, -0.2) is 0 Å². The first-order valence-electron chi connectivity index (χ1n) is 12.9. The quantitative estimate of drug-likeness (QED) is 0.118. The van der Waals surface area contributed by atoms with E-state index >= 15 is 0 Å². The van der Waals surface area contributed by atoms with Gasteiger partial charge in [0.15, 0.2) is 0 Å². The minimum absolute atomic E-state index is 0.559. The number of rotatable bonds is 24. The summed E-state index contributed by atoms with van der Waals surface area (Å²) in [4.78, 5) is 0. The maximum Gasteiger partial charge on any atom is 0.119 e. The van der Waals surface area contributed by atoms with E-state index in [1.165, 1.54) is 63.4 Å². The summed E-state index contributed by atoms with van der Waals surface area (Å²) >= 11 is 5.65. The first-order chi connectivity index (χ1) is 15.9. The van der Waals surface area contributed by atoms with Crippen LogP contribution in [0.25, 0.3) is 0 Å². The van der Waals surface area contributed by atoms with Crippen LogP contribution in [-0.4, -0.2) is 52.1 Å². The van der Waals surface area contributed by atoms with E-state index in [1.54, 1.807) is 0 Å². The molecule has 32 heavy (non-hydrogen) atoms. The highest BCUT2D eigenvalue weighted by Gasteiger charge is 1.98. The van der Waals surface area contributed by atoms with E-state index in [-0.39, 0.29) is 0 Å².